The van der Waals surface area contributed by atoms with Crippen molar-refractivity contribution in [1.82, 2.24) is 4.31 Å². The molecule has 0 aromatic heterocycles. The van der Waals surface area contributed by atoms with E-state index in [4.69, 9.17) is 11.6 Å². The van der Waals surface area contributed by atoms with Crippen LogP contribution in [0.1, 0.15) is 42.9 Å². The second-order valence-corrected chi connectivity index (χ2v) is 12.6. The van der Waals surface area contributed by atoms with Gasteiger partial charge in [-0.25, -0.2) is 8.42 Å². The van der Waals surface area contributed by atoms with Crippen LogP contribution in [0.25, 0.3) is 5.57 Å². The fraction of sp³-hybridized carbons (Fsp3) is 0.423. The van der Waals surface area contributed by atoms with Crippen LogP contribution in [0.2, 0.25) is 5.02 Å². The third-order valence-electron chi connectivity index (χ3n) is 7.37. The van der Waals surface area contributed by atoms with E-state index in [1.54, 1.807) is 36.4 Å². The quantitative estimate of drug-likeness (QED) is 0.404. The number of alkyl halides is 6. The average molecular weight is 608 g/mol. The van der Waals surface area contributed by atoms with Crippen LogP contribution in [-0.2, 0) is 10.0 Å². The third-order valence-corrected chi connectivity index (χ3v) is 10.1. The highest BCUT2D eigenvalue weighted by molar-refractivity contribution is 7.90. The van der Waals surface area contributed by atoms with Gasteiger partial charge in [-0.05, 0) is 54.2 Å². The van der Waals surface area contributed by atoms with Crippen molar-refractivity contribution in [3.8, 4) is 0 Å². The van der Waals surface area contributed by atoms with Crippen LogP contribution >= 0.6 is 11.6 Å². The Labute approximate surface area is 231 Å². The van der Waals surface area contributed by atoms with E-state index in [2.05, 4.69) is 5.10 Å². The fourth-order valence-electron chi connectivity index (χ4n) is 5.01. The Morgan fingerprint density at radius 1 is 0.975 bits per heavy atom. The second-order valence-electron chi connectivity index (χ2n) is 9.97. The number of hydrazone groups is 1. The van der Waals surface area contributed by atoms with Crippen LogP contribution in [-0.4, -0.2) is 59.8 Å². The van der Waals surface area contributed by atoms with Crippen molar-refractivity contribution < 1.29 is 39.9 Å². The molecule has 1 fully saturated rings. The molecule has 2 aromatic carbocycles. The Bertz CT molecular complexity index is 1460. The van der Waals surface area contributed by atoms with Gasteiger partial charge in [0.15, 0.2) is 0 Å². The highest BCUT2D eigenvalue weighted by Crippen LogP contribution is 2.49. The zero-order valence-electron chi connectivity index (χ0n) is 20.8. The maximum Gasteiger partial charge on any atom is 0.431 e. The van der Waals surface area contributed by atoms with Crippen LogP contribution in [0.4, 0.5) is 32.0 Å². The summed E-state index contributed by atoms with van der Waals surface area (Å²) in [5, 5.41) is 14.6. The molecule has 1 atom stereocenters. The van der Waals surface area contributed by atoms with Gasteiger partial charge in [-0.2, -0.15) is 35.7 Å². The number of anilines is 1. The molecule has 216 valence electrons. The molecule has 0 bridgehead atoms. The highest BCUT2D eigenvalue weighted by atomic mass is 35.5. The Balaban J connectivity index is 1.53. The molecule has 0 radical (unpaired) electrons. The number of hydrogen-bond acceptors (Lipinski definition) is 5. The SMILES string of the molecule is O=S(=O)(C1CC1)N1CC=C(c2cccc(N3N=C(C(O)(C(F)(F)F)C(F)(F)F)CC3c3ccccc3Cl)c2)CC1. The van der Waals surface area contributed by atoms with Crippen molar-refractivity contribution in [3.05, 3.63) is 70.8 Å². The van der Waals surface area contributed by atoms with Crippen molar-refractivity contribution in [2.45, 2.75) is 54.9 Å². The first kappa shape index (κ1) is 28.9. The number of halogens is 7. The van der Waals surface area contributed by atoms with E-state index in [1.807, 2.05) is 0 Å². The molecule has 0 spiro atoms. The topological polar surface area (TPSA) is 73.2 Å². The van der Waals surface area contributed by atoms with Crippen LogP contribution < -0.4 is 5.01 Å². The molecule has 6 nitrogen and oxygen atoms in total. The minimum atomic E-state index is -6.08. The molecular formula is C26H24ClF6N3O3S. The number of hydrogen-bond donors (Lipinski definition) is 1. The average Bonchev–Trinajstić information content (AvgIpc) is 3.67. The molecule has 0 saturated heterocycles. The van der Waals surface area contributed by atoms with E-state index in [1.165, 1.54) is 22.5 Å². The number of aliphatic hydroxyl groups is 1. The molecule has 1 N–H and O–H groups in total. The van der Waals surface area contributed by atoms with Crippen molar-refractivity contribution in [1.29, 1.82) is 0 Å². The summed E-state index contributed by atoms with van der Waals surface area (Å²) in [6.45, 7) is 0.421. The maximum absolute atomic E-state index is 13.7. The summed E-state index contributed by atoms with van der Waals surface area (Å²) in [5.41, 5.74) is -4.85. The van der Waals surface area contributed by atoms with E-state index < -0.39 is 46.2 Å². The molecule has 1 aliphatic carbocycles. The van der Waals surface area contributed by atoms with Crippen LogP contribution in [0.15, 0.2) is 59.7 Å². The molecule has 3 aliphatic rings. The number of rotatable bonds is 6. The fourth-order valence-corrected chi connectivity index (χ4v) is 7.05. The summed E-state index contributed by atoms with van der Waals surface area (Å²) in [6.07, 6.45) is -9.64. The highest BCUT2D eigenvalue weighted by Gasteiger charge is 2.74. The molecule has 14 heteroatoms. The molecule has 2 aromatic rings. The second kappa shape index (κ2) is 10.0. The maximum atomic E-state index is 13.7. The summed E-state index contributed by atoms with van der Waals surface area (Å²) >= 11 is 6.28. The first-order valence-corrected chi connectivity index (χ1v) is 14.3. The van der Waals surface area contributed by atoms with E-state index in [-0.39, 0.29) is 34.6 Å². The lowest BCUT2D eigenvalue weighted by Crippen LogP contribution is -2.62. The largest absolute Gasteiger partial charge is 0.431 e. The monoisotopic (exact) mass is 607 g/mol. The van der Waals surface area contributed by atoms with Gasteiger partial charge in [0.25, 0.3) is 5.60 Å². The predicted octanol–water partition coefficient (Wildman–Crippen LogP) is 6.08. The van der Waals surface area contributed by atoms with E-state index in [9.17, 15) is 39.9 Å². The normalized spacial score (nSPS) is 21.4. The van der Waals surface area contributed by atoms with Gasteiger partial charge < -0.3 is 5.11 Å². The predicted molar refractivity (Wildman–Crippen MR) is 138 cm³/mol. The molecule has 2 aliphatic heterocycles. The van der Waals surface area contributed by atoms with E-state index in [0.29, 0.717) is 24.8 Å². The molecule has 1 unspecified atom stereocenters. The zero-order chi connectivity index (χ0) is 29.1. The zero-order valence-corrected chi connectivity index (χ0v) is 22.3. The Morgan fingerprint density at radius 2 is 1.65 bits per heavy atom. The number of sulfonamides is 1. The summed E-state index contributed by atoms with van der Waals surface area (Å²) in [7, 11) is -3.36. The van der Waals surface area contributed by atoms with Crippen molar-refractivity contribution in [2.24, 2.45) is 5.10 Å². The lowest BCUT2D eigenvalue weighted by Gasteiger charge is -2.32. The summed E-state index contributed by atoms with van der Waals surface area (Å²) in [5.74, 6) is 0. The first-order chi connectivity index (χ1) is 18.6. The lowest BCUT2D eigenvalue weighted by atomic mass is 9.90. The minimum Gasteiger partial charge on any atom is -0.369 e. The third kappa shape index (κ3) is 5.01. The minimum absolute atomic E-state index is 0.111. The molecular weight excluding hydrogens is 584 g/mol. The Morgan fingerprint density at radius 3 is 2.23 bits per heavy atom. The smallest absolute Gasteiger partial charge is 0.369 e. The van der Waals surface area contributed by atoms with Crippen LogP contribution in [0.5, 0.6) is 0 Å². The molecule has 5 rings (SSSR count). The van der Waals surface area contributed by atoms with E-state index >= 15 is 0 Å². The summed E-state index contributed by atoms with van der Waals surface area (Å²) in [6, 6.07) is 11.2. The van der Waals surface area contributed by atoms with E-state index in [0.717, 1.165) is 10.6 Å². The van der Waals surface area contributed by atoms with Gasteiger partial charge >= 0.3 is 12.4 Å². The molecule has 40 heavy (non-hydrogen) atoms. The molecule has 0 amide bonds. The van der Waals surface area contributed by atoms with Crippen LogP contribution in [0, 0.1) is 0 Å². The summed E-state index contributed by atoms with van der Waals surface area (Å²) < 4.78 is 109. The number of benzene rings is 2. The standard InChI is InChI=1S/C26H24ClF6N3O3S/c27-21-7-2-1-6-20(21)22-15-23(24(37,25(28,29)30)26(31,32)33)34-36(22)18-5-3-4-17(14-18)16-10-12-35(13-11-16)40(38,39)19-8-9-19/h1-7,10,14,19,22,37H,8-9,11-13,15H2. The van der Waals surface area contributed by atoms with Crippen molar-refractivity contribution >= 4 is 38.6 Å². The van der Waals surface area contributed by atoms with Gasteiger partial charge in [-0.1, -0.05) is 48.0 Å². The van der Waals surface area contributed by atoms with Gasteiger partial charge in [0.1, 0.15) is 0 Å². The van der Waals surface area contributed by atoms with Crippen molar-refractivity contribution in [2.75, 3.05) is 18.1 Å². The molecule has 2 heterocycles. The van der Waals surface area contributed by atoms with Gasteiger partial charge in [0.05, 0.1) is 22.7 Å². The Kier molecular flexibility index (Phi) is 7.25. The first-order valence-electron chi connectivity index (χ1n) is 12.4. The van der Waals surface area contributed by atoms with Crippen LogP contribution in [0.3, 0.4) is 0 Å². The summed E-state index contributed by atoms with van der Waals surface area (Å²) in [4.78, 5) is 0. The molecule has 1 saturated carbocycles. The van der Waals surface area contributed by atoms with Gasteiger partial charge in [0, 0.05) is 24.5 Å². The van der Waals surface area contributed by atoms with Gasteiger partial charge in [0.2, 0.25) is 10.0 Å². The Hall–Kier alpha value is -2.61. The lowest BCUT2D eigenvalue weighted by molar-refractivity contribution is -0.338. The van der Waals surface area contributed by atoms with Gasteiger partial charge in [-0.3, -0.25) is 5.01 Å². The van der Waals surface area contributed by atoms with Crippen molar-refractivity contribution in [3.63, 3.8) is 0 Å². The number of nitrogens with zero attached hydrogens (tertiary/aromatic N) is 3. The van der Waals surface area contributed by atoms with Gasteiger partial charge in [-0.15, -0.1) is 0 Å².